The summed E-state index contributed by atoms with van der Waals surface area (Å²) in [5.41, 5.74) is 0.348. The molecule has 104 valence electrons. The second kappa shape index (κ2) is 6.14. The summed E-state index contributed by atoms with van der Waals surface area (Å²) in [5, 5.41) is 0. The van der Waals surface area contributed by atoms with Gasteiger partial charge in [0.25, 0.3) is 0 Å². The number of rotatable bonds is 5. The average molecular weight is 278 g/mol. The maximum atomic E-state index is 13.3. The predicted octanol–water partition coefficient (Wildman–Crippen LogP) is 3.24. The van der Waals surface area contributed by atoms with Gasteiger partial charge < -0.3 is 9.47 Å². The molecule has 0 atom stereocenters. The van der Waals surface area contributed by atoms with E-state index in [2.05, 4.69) is 0 Å². The second-order valence-electron chi connectivity index (χ2n) is 3.99. The molecule has 0 aromatic heterocycles. The van der Waals surface area contributed by atoms with E-state index in [4.69, 9.17) is 9.47 Å². The lowest BCUT2D eigenvalue weighted by Crippen LogP contribution is -2.13. The fraction of sp³-hybridized carbons (Fsp3) is 0.133. The Hall–Kier alpha value is -2.43. The van der Waals surface area contributed by atoms with E-state index in [9.17, 15) is 13.6 Å². The van der Waals surface area contributed by atoms with Crippen LogP contribution in [0.25, 0.3) is 0 Å². The lowest BCUT2D eigenvalue weighted by atomic mass is 10.1. The molecule has 0 aliphatic heterocycles. The largest absolute Gasteiger partial charge is 0.497 e. The van der Waals surface area contributed by atoms with Crippen molar-refractivity contribution in [1.82, 2.24) is 0 Å². The second-order valence-corrected chi connectivity index (χ2v) is 3.99. The number of carbonyl (C=O) groups is 1. The summed E-state index contributed by atoms with van der Waals surface area (Å²) in [6, 6.07) is 9.80. The van der Waals surface area contributed by atoms with Crippen molar-refractivity contribution in [1.29, 1.82) is 0 Å². The van der Waals surface area contributed by atoms with Gasteiger partial charge in [0.15, 0.2) is 29.8 Å². The molecule has 0 aliphatic carbocycles. The van der Waals surface area contributed by atoms with E-state index in [1.165, 1.54) is 19.2 Å². The van der Waals surface area contributed by atoms with Crippen molar-refractivity contribution in [3.8, 4) is 11.5 Å². The van der Waals surface area contributed by atoms with Crippen molar-refractivity contribution >= 4 is 5.78 Å². The highest BCUT2D eigenvalue weighted by molar-refractivity contribution is 5.97. The number of carbonyl (C=O) groups excluding carboxylic acids is 1. The van der Waals surface area contributed by atoms with Gasteiger partial charge in [-0.1, -0.05) is 18.2 Å². The van der Waals surface area contributed by atoms with Gasteiger partial charge in [-0.2, -0.15) is 0 Å². The molecule has 2 aromatic rings. The number of para-hydroxylation sites is 1. The highest BCUT2D eigenvalue weighted by atomic mass is 19.1. The third-order valence-electron chi connectivity index (χ3n) is 2.66. The minimum absolute atomic E-state index is 0.348. The van der Waals surface area contributed by atoms with Crippen LogP contribution in [-0.2, 0) is 0 Å². The van der Waals surface area contributed by atoms with Crippen LogP contribution in [0.1, 0.15) is 10.4 Å². The summed E-state index contributed by atoms with van der Waals surface area (Å²) >= 11 is 0. The molecule has 2 aromatic carbocycles. The molecule has 20 heavy (non-hydrogen) atoms. The molecule has 0 N–H and O–H groups in total. The van der Waals surface area contributed by atoms with Gasteiger partial charge in [0.2, 0.25) is 0 Å². The van der Waals surface area contributed by atoms with Crippen LogP contribution in [0, 0.1) is 11.6 Å². The summed E-state index contributed by atoms with van der Waals surface area (Å²) in [6.07, 6.45) is 0. The molecule has 3 nitrogen and oxygen atoms in total. The zero-order chi connectivity index (χ0) is 14.5. The van der Waals surface area contributed by atoms with E-state index >= 15 is 0 Å². The number of ether oxygens (including phenoxy) is 2. The topological polar surface area (TPSA) is 35.5 Å². The lowest BCUT2D eigenvalue weighted by molar-refractivity contribution is 0.0915. The van der Waals surface area contributed by atoms with E-state index in [0.29, 0.717) is 11.3 Å². The van der Waals surface area contributed by atoms with E-state index in [0.717, 1.165) is 12.1 Å². The van der Waals surface area contributed by atoms with Crippen LogP contribution in [0.5, 0.6) is 11.5 Å². The van der Waals surface area contributed by atoms with Gasteiger partial charge >= 0.3 is 0 Å². The van der Waals surface area contributed by atoms with Crippen LogP contribution < -0.4 is 9.47 Å². The van der Waals surface area contributed by atoms with Crippen molar-refractivity contribution in [3.05, 3.63) is 59.7 Å². The zero-order valence-electron chi connectivity index (χ0n) is 10.7. The number of hydrogen-bond acceptors (Lipinski definition) is 3. The zero-order valence-corrected chi connectivity index (χ0v) is 10.7. The van der Waals surface area contributed by atoms with Crippen molar-refractivity contribution in [3.63, 3.8) is 0 Å². The first-order chi connectivity index (χ1) is 9.61. The molecule has 0 fully saturated rings. The number of Topliss-reactive ketones (excluding diaryl/α,β-unsaturated/α-hetero) is 1. The third-order valence-corrected chi connectivity index (χ3v) is 2.66. The molecule has 5 heteroatoms. The Bertz CT molecular complexity index is 606. The number of halogens is 2. The molecule has 2 rings (SSSR count). The Morgan fingerprint density at radius 1 is 1.10 bits per heavy atom. The Kier molecular flexibility index (Phi) is 4.30. The molecular weight excluding hydrogens is 266 g/mol. The molecular formula is C15H12F2O3. The lowest BCUT2D eigenvalue weighted by Gasteiger charge is -2.08. The molecule has 0 unspecified atom stereocenters. The maximum absolute atomic E-state index is 13.3. The van der Waals surface area contributed by atoms with Crippen LogP contribution in [0.2, 0.25) is 0 Å². The molecule has 0 saturated carbocycles. The minimum Gasteiger partial charge on any atom is -0.497 e. The molecule has 0 bridgehead atoms. The minimum atomic E-state index is -0.844. The van der Waals surface area contributed by atoms with Crippen LogP contribution in [0.15, 0.2) is 42.5 Å². The first kappa shape index (κ1) is 14.0. The summed E-state index contributed by atoms with van der Waals surface area (Å²) in [4.78, 5) is 11.9. The summed E-state index contributed by atoms with van der Waals surface area (Å²) in [7, 11) is 1.48. The van der Waals surface area contributed by atoms with Crippen LogP contribution in [0.4, 0.5) is 8.78 Å². The van der Waals surface area contributed by atoms with Gasteiger partial charge in [-0.15, -0.1) is 0 Å². The fourth-order valence-corrected chi connectivity index (χ4v) is 1.64. The average Bonchev–Trinajstić information content (AvgIpc) is 2.46. The van der Waals surface area contributed by atoms with Gasteiger partial charge in [0.1, 0.15) is 5.75 Å². The SMILES string of the molecule is COc1cccc(C(=O)COc2c(F)cccc2F)c1. The van der Waals surface area contributed by atoms with E-state index in [1.54, 1.807) is 18.2 Å². The van der Waals surface area contributed by atoms with Gasteiger partial charge in [0.05, 0.1) is 7.11 Å². The standard InChI is InChI=1S/C15H12F2O3/c1-19-11-5-2-4-10(8-11)14(18)9-20-15-12(16)6-3-7-13(15)17/h2-8H,9H2,1H3. The van der Waals surface area contributed by atoms with Gasteiger partial charge in [-0.25, -0.2) is 8.78 Å². The molecule has 0 saturated heterocycles. The highest BCUT2D eigenvalue weighted by Gasteiger charge is 2.13. The number of methoxy groups -OCH3 is 1. The Morgan fingerprint density at radius 3 is 2.40 bits per heavy atom. The number of benzene rings is 2. The highest BCUT2D eigenvalue weighted by Crippen LogP contribution is 2.21. The monoisotopic (exact) mass is 278 g/mol. The van der Waals surface area contributed by atoms with Crippen LogP contribution in [0.3, 0.4) is 0 Å². The van der Waals surface area contributed by atoms with Crippen molar-refractivity contribution in [2.24, 2.45) is 0 Å². The Morgan fingerprint density at radius 2 is 1.75 bits per heavy atom. The smallest absolute Gasteiger partial charge is 0.200 e. The van der Waals surface area contributed by atoms with Crippen LogP contribution in [-0.4, -0.2) is 19.5 Å². The summed E-state index contributed by atoms with van der Waals surface area (Å²) in [6.45, 7) is -0.453. The third kappa shape index (κ3) is 3.12. The van der Waals surface area contributed by atoms with Gasteiger partial charge in [0, 0.05) is 5.56 Å². The quantitative estimate of drug-likeness (QED) is 0.788. The van der Waals surface area contributed by atoms with Crippen molar-refractivity contribution in [2.45, 2.75) is 0 Å². The Balaban J connectivity index is 2.09. The fourth-order valence-electron chi connectivity index (χ4n) is 1.64. The van der Waals surface area contributed by atoms with Gasteiger partial charge in [-0.05, 0) is 24.3 Å². The first-order valence-electron chi connectivity index (χ1n) is 5.86. The number of hydrogen-bond donors (Lipinski definition) is 0. The molecule has 0 heterocycles. The van der Waals surface area contributed by atoms with E-state index in [1.807, 2.05) is 0 Å². The molecule has 0 spiro atoms. The van der Waals surface area contributed by atoms with E-state index < -0.39 is 29.8 Å². The Labute approximate surface area is 114 Å². The molecule has 0 aliphatic rings. The molecule has 0 amide bonds. The predicted molar refractivity (Wildman–Crippen MR) is 69.2 cm³/mol. The van der Waals surface area contributed by atoms with Crippen molar-refractivity contribution in [2.75, 3.05) is 13.7 Å². The number of ketones is 1. The maximum Gasteiger partial charge on any atom is 0.200 e. The molecule has 0 radical (unpaired) electrons. The van der Waals surface area contributed by atoms with E-state index in [-0.39, 0.29) is 0 Å². The van der Waals surface area contributed by atoms with Crippen molar-refractivity contribution < 1.29 is 23.0 Å². The summed E-state index contributed by atoms with van der Waals surface area (Å²) in [5.74, 6) is -2.12. The first-order valence-corrected chi connectivity index (χ1v) is 5.86. The van der Waals surface area contributed by atoms with Crippen LogP contribution >= 0.6 is 0 Å². The summed E-state index contributed by atoms with van der Waals surface area (Å²) < 4.78 is 36.6. The van der Waals surface area contributed by atoms with Gasteiger partial charge in [-0.3, -0.25) is 4.79 Å². The normalized spacial score (nSPS) is 10.2.